The van der Waals surface area contributed by atoms with Crippen LogP contribution in [0.2, 0.25) is 5.02 Å². The first-order chi connectivity index (χ1) is 19.6. The molecule has 2 aromatic rings. The lowest BCUT2D eigenvalue weighted by Gasteiger charge is -2.42. The molecule has 4 N–H and O–H groups in total. The van der Waals surface area contributed by atoms with Gasteiger partial charge in [0.15, 0.2) is 0 Å². The summed E-state index contributed by atoms with van der Waals surface area (Å²) in [5, 5.41) is 25.8. The highest BCUT2D eigenvalue weighted by Crippen LogP contribution is 2.40. The summed E-state index contributed by atoms with van der Waals surface area (Å²) in [6, 6.07) is 10.8. The van der Waals surface area contributed by atoms with Crippen molar-refractivity contribution < 1.29 is 32.9 Å². The molecule has 9 nitrogen and oxygen atoms in total. The molecule has 1 heterocycles. The number of carboxylic acids is 1. The van der Waals surface area contributed by atoms with Gasteiger partial charge in [0.25, 0.3) is 0 Å². The number of rotatable bonds is 10. The van der Waals surface area contributed by atoms with Crippen LogP contribution in [0.25, 0.3) is 0 Å². The van der Waals surface area contributed by atoms with E-state index in [0.29, 0.717) is 30.5 Å². The number of fused-ring (bicyclic) bond motifs is 2. The van der Waals surface area contributed by atoms with Gasteiger partial charge in [0, 0.05) is 25.2 Å². The number of ether oxygens (including phenoxy) is 2. The van der Waals surface area contributed by atoms with E-state index in [-0.39, 0.29) is 30.4 Å². The molecule has 1 aliphatic heterocycles. The number of aliphatic hydroxyl groups excluding tert-OH is 1. The lowest BCUT2D eigenvalue weighted by molar-refractivity contribution is 0.0461. The van der Waals surface area contributed by atoms with E-state index in [2.05, 4.69) is 4.90 Å². The van der Waals surface area contributed by atoms with Crippen molar-refractivity contribution in [2.75, 3.05) is 31.7 Å². The fourth-order valence-corrected chi connectivity index (χ4v) is 6.52. The predicted octanol–water partition coefficient (Wildman–Crippen LogP) is 4.40. The third-order valence-electron chi connectivity index (χ3n) is 8.14. The largest absolute Gasteiger partial charge is 0.487 e. The summed E-state index contributed by atoms with van der Waals surface area (Å²) in [7, 11) is -2.34. The number of benzene rings is 2. The third-order valence-corrected chi connectivity index (χ3v) is 9.63. The van der Waals surface area contributed by atoms with Crippen molar-refractivity contribution in [1.82, 2.24) is 0 Å². The zero-order valence-electron chi connectivity index (χ0n) is 23.2. The second-order valence-electron chi connectivity index (χ2n) is 10.9. The number of carbonyl (C=O) groups is 1. The van der Waals surface area contributed by atoms with Crippen molar-refractivity contribution in [3.8, 4) is 5.75 Å². The van der Waals surface area contributed by atoms with Crippen LogP contribution in [0.5, 0.6) is 5.75 Å². The Hall–Kier alpha value is -2.63. The van der Waals surface area contributed by atoms with Gasteiger partial charge in [-0.05, 0) is 91.8 Å². The number of allylic oxidation sites excluding steroid dienone is 1. The van der Waals surface area contributed by atoms with E-state index in [0.717, 1.165) is 48.9 Å². The molecular formula is C30H39ClN2O7S. The SMILES string of the molecule is COC[C@@H](C/C=C/[C@H](O)[C@@H]1CC[C@H]1CN1CCCCc2cc(Cl)ccc2COc2ccc(C(=O)O)cc21)S(N)(=O)=O. The van der Waals surface area contributed by atoms with Crippen molar-refractivity contribution in [1.29, 1.82) is 0 Å². The van der Waals surface area contributed by atoms with E-state index >= 15 is 0 Å². The van der Waals surface area contributed by atoms with Gasteiger partial charge in [-0.1, -0.05) is 29.8 Å². The maximum atomic E-state index is 11.8. The predicted molar refractivity (Wildman–Crippen MR) is 159 cm³/mol. The Morgan fingerprint density at radius 2 is 2.02 bits per heavy atom. The van der Waals surface area contributed by atoms with Gasteiger partial charge in [0.2, 0.25) is 10.0 Å². The highest BCUT2D eigenvalue weighted by atomic mass is 35.5. The van der Waals surface area contributed by atoms with Crippen LogP contribution in [-0.4, -0.2) is 62.8 Å². The average molecular weight is 607 g/mol. The number of primary sulfonamides is 1. The summed E-state index contributed by atoms with van der Waals surface area (Å²) in [6.07, 6.45) is 7.19. The molecule has 0 unspecified atom stereocenters. The zero-order chi connectivity index (χ0) is 29.6. The summed E-state index contributed by atoms with van der Waals surface area (Å²) in [5.74, 6) is -0.222. The molecule has 0 spiro atoms. The highest BCUT2D eigenvalue weighted by Gasteiger charge is 2.37. The molecule has 4 atom stereocenters. The number of halogens is 1. The molecule has 0 radical (unpaired) electrons. The Morgan fingerprint density at radius 3 is 2.71 bits per heavy atom. The van der Waals surface area contributed by atoms with Gasteiger partial charge < -0.3 is 24.6 Å². The molecule has 1 saturated carbocycles. The minimum absolute atomic E-state index is 0.00165. The van der Waals surface area contributed by atoms with Crippen LogP contribution in [0.1, 0.15) is 53.6 Å². The van der Waals surface area contributed by atoms with Gasteiger partial charge in [-0.15, -0.1) is 0 Å². The number of carboxylic acid groups (broad SMARTS) is 1. The van der Waals surface area contributed by atoms with Crippen LogP contribution < -0.4 is 14.8 Å². The molecule has 0 aromatic heterocycles. The first-order valence-electron chi connectivity index (χ1n) is 13.9. The summed E-state index contributed by atoms with van der Waals surface area (Å²) >= 11 is 6.26. The number of methoxy groups -OCH3 is 1. The van der Waals surface area contributed by atoms with E-state index in [4.69, 9.17) is 26.2 Å². The molecule has 224 valence electrons. The smallest absolute Gasteiger partial charge is 0.335 e. The number of hydrogen-bond donors (Lipinski definition) is 3. The van der Waals surface area contributed by atoms with E-state index in [1.807, 2.05) is 18.2 Å². The standard InChI is InChI=1S/C30H39ClN2O7S/c1-39-19-25(41(32,37)38)6-4-7-28(34)26-12-9-22(26)17-33-14-3-2-5-20-15-24(31)11-8-23(20)18-40-29-13-10-21(30(35)36)16-27(29)33/h4,7-8,10-11,13,15-16,22,25-26,28,34H,2-3,5-6,9,12,14,17-19H2,1H3,(H,35,36)(H2,32,37,38)/b7-4+/t22-,25+,26+,28-/m0/s1. The number of aryl methyl sites for hydroxylation is 1. The molecular weight excluding hydrogens is 568 g/mol. The second kappa shape index (κ2) is 14.0. The minimum Gasteiger partial charge on any atom is -0.487 e. The van der Waals surface area contributed by atoms with Gasteiger partial charge in [-0.3, -0.25) is 0 Å². The monoisotopic (exact) mass is 606 g/mol. The lowest BCUT2D eigenvalue weighted by Crippen LogP contribution is -2.43. The Bertz CT molecular complexity index is 1350. The van der Waals surface area contributed by atoms with E-state index < -0.39 is 27.3 Å². The normalized spacial score (nSPS) is 21.1. The number of aromatic carboxylic acids is 1. The van der Waals surface area contributed by atoms with Crippen molar-refractivity contribution in [3.05, 3.63) is 70.3 Å². The number of sulfonamides is 1. The molecule has 1 fully saturated rings. The second-order valence-corrected chi connectivity index (χ2v) is 13.2. The molecule has 11 heteroatoms. The maximum absolute atomic E-state index is 11.8. The van der Waals surface area contributed by atoms with Gasteiger partial charge in [-0.25, -0.2) is 18.4 Å². The van der Waals surface area contributed by atoms with Gasteiger partial charge in [0.1, 0.15) is 17.6 Å². The fraction of sp³-hybridized carbons (Fsp3) is 0.500. The first-order valence-corrected chi connectivity index (χ1v) is 15.9. The zero-order valence-corrected chi connectivity index (χ0v) is 24.8. The topological polar surface area (TPSA) is 139 Å². The summed E-state index contributed by atoms with van der Waals surface area (Å²) < 4.78 is 34.8. The molecule has 2 aromatic carbocycles. The molecule has 0 saturated heterocycles. The van der Waals surface area contributed by atoms with E-state index in [1.54, 1.807) is 30.4 Å². The minimum atomic E-state index is -3.76. The van der Waals surface area contributed by atoms with Gasteiger partial charge in [0.05, 0.1) is 24.0 Å². The Balaban J connectivity index is 1.51. The Labute approximate surface area is 246 Å². The van der Waals surface area contributed by atoms with Crippen LogP contribution in [0.15, 0.2) is 48.6 Å². The van der Waals surface area contributed by atoms with Gasteiger partial charge >= 0.3 is 5.97 Å². The average Bonchev–Trinajstić information content (AvgIpc) is 2.93. The van der Waals surface area contributed by atoms with Crippen LogP contribution >= 0.6 is 11.6 Å². The number of anilines is 1. The van der Waals surface area contributed by atoms with Crippen LogP contribution in [0, 0.1) is 11.8 Å². The molecule has 1 aliphatic carbocycles. The molecule has 41 heavy (non-hydrogen) atoms. The Kier molecular flexibility index (Phi) is 10.7. The Morgan fingerprint density at radius 1 is 1.22 bits per heavy atom. The number of nitrogens with zero attached hydrogens (tertiary/aromatic N) is 1. The van der Waals surface area contributed by atoms with E-state index in [9.17, 15) is 23.4 Å². The van der Waals surface area contributed by atoms with Crippen LogP contribution in [0.3, 0.4) is 0 Å². The summed E-state index contributed by atoms with van der Waals surface area (Å²) in [6.45, 7) is 1.67. The number of aliphatic hydroxyl groups is 1. The highest BCUT2D eigenvalue weighted by molar-refractivity contribution is 7.89. The van der Waals surface area contributed by atoms with E-state index in [1.165, 1.54) is 7.11 Å². The first kappa shape index (κ1) is 31.3. The van der Waals surface area contributed by atoms with Crippen LogP contribution in [-0.2, 0) is 27.8 Å². The molecule has 2 aliphatic rings. The van der Waals surface area contributed by atoms with Crippen molar-refractivity contribution in [2.24, 2.45) is 17.0 Å². The summed E-state index contributed by atoms with van der Waals surface area (Å²) in [4.78, 5) is 14.0. The number of nitrogens with two attached hydrogens (primary N) is 1. The molecule has 4 rings (SSSR count). The summed E-state index contributed by atoms with van der Waals surface area (Å²) in [5.41, 5.74) is 3.13. The molecule has 0 bridgehead atoms. The van der Waals surface area contributed by atoms with Gasteiger partial charge in [-0.2, -0.15) is 0 Å². The third kappa shape index (κ3) is 8.23. The van der Waals surface area contributed by atoms with Crippen molar-refractivity contribution in [3.63, 3.8) is 0 Å². The maximum Gasteiger partial charge on any atom is 0.335 e. The van der Waals surface area contributed by atoms with Crippen molar-refractivity contribution >= 4 is 33.3 Å². The fourth-order valence-electron chi connectivity index (χ4n) is 5.62. The number of hydrogen-bond acceptors (Lipinski definition) is 7. The van der Waals surface area contributed by atoms with Crippen molar-refractivity contribution in [2.45, 2.75) is 56.5 Å². The van der Waals surface area contributed by atoms with Crippen LogP contribution in [0.4, 0.5) is 5.69 Å². The quantitative estimate of drug-likeness (QED) is 0.338. The lowest BCUT2D eigenvalue weighted by atomic mass is 9.70. The molecule has 0 amide bonds.